The zero-order valence-corrected chi connectivity index (χ0v) is 10.2. The van der Waals surface area contributed by atoms with Gasteiger partial charge >= 0.3 is 0 Å². The smallest absolute Gasteiger partial charge is 0.0571 e. The molecule has 84 valence electrons. The van der Waals surface area contributed by atoms with Crippen LogP contribution in [0.4, 0.5) is 0 Å². The first kappa shape index (κ1) is 12.0. The summed E-state index contributed by atoms with van der Waals surface area (Å²) in [5, 5.41) is 10.0. The average Bonchev–Trinajstić information content (AvgIpc) is 2.07. The average molecular weight is 198 g/mol. The number of rotatable bonds is 2. The Kier molecular flexibility index (Phi) is 4.00. The van der Waals surface area contributed by atoms with Gasteiger partial charge in [-0.1, -0.05) is 40.5 Å². The summed E-state index contributed by atoms with van der Waals surface area (Å²) in [6, 6.07) is 0. The second kappa shape index (κ2) is 4.65. The van der Waals surface area contributed by atoms with Crippen molar-refractivity contribution >= 4 is 0 Å². The third kappa shape index (κ3) is 2.73. The van der Waals surface area contributed by atoms with E-state index in [0.29, 0.717) is 17.3 Å². The standard InChI is InChI=1S/C13H26O/c1-5-7-10-11(13(2,3)4)8-6-9-12(10)14/h10-12,14H,5-9H2,1-4H3. The maximum Gasteiger partial charge on any atom is 0.0571 e. The summed E-state index contributed by atoms with van der Waals surface area (Å²) in [5.74, 6) is 1.26. The van der Waals surface area contributed by atoms with Gasteiger partial charge in [-0.3, -0.25) is 0 Å². The summed E-state index contributed by atoms with van der Waals surface area (Å²) in [6.07, 6.45) is 5.91. The molecule has 14 heavy (non-hydrogen) atoms. The molecule has 3 atom stereocenters. The molecule has 1 fully saturated rings. The molecule has 0 radical (unpaired) electrons. The van der Waals surface area contributed by atoms with Crippen LogP contribution in [0.2, 0.25) is 0 Å². The van der Waals surface area contributed by atoms with Gasteiger partial charge in [0.25, 0.3) is 0 Å². The Labute approximate surface area is 88.9 Å². The van der Waals surface area contributed by atoms with Crippen LogP contribution in [-0.4, -0.2) is 11.2 Å². The molecule has 0 heterocycles. The normalized spacial score (nSPS) is 34.5. The number of hydrogen-bond donors (Lipinski definition) is 1. The third-order valence-electron chi connectivity index (χ3n) is 3.76. The van der Waals surface area contributed by atoms with E-state index in [4.69, 9.17) is 0 Å². The molecule has 0 saturated heterocycles. The van der Waals surface area contributed by atoms with Gasteiger partial charge in [0.15, 0.2) is 0 Å². The van der Waals surface area contributed by atoms with Gasteiger partial charge < -0.3 is 5.11 Å². The minimum absolute atomic E-state index is 0.0343. The van der Waals surface area contributed by atoms with Crippen LogP contribution in [0.15, 0.2) is 0 Å². The molecule has 1 aliphatic rings. The first-order chi connectivity index (χ1) is 6.46. The molecule has 0 aromatic carbocycles. The Morgan fingerprint density at radius 1 is 1.21 bits per heavy atom. The van der Waals surface area contributed by atoms with E-state index >= 15 is 0 Å². The van der Waals surface area contributed by atoms with Gasteiger partial charge in [0.1, 0.15) is 0 Å². The molecular weight excluding hydrogens is 172 g/mol. The van der Waals surface area contributed by atoms with Gasteiger partial charge in [0.05, 0.1) is 6.10 Å². The molecule has 0 aliphatic heterocycles. The first-order valence-corrected chi connectivity index (χ1v) is 6.15. The number of aliphatic hydroxyl groups excluding tert-OH is 1. The maximum atomic E-state index is 10.0. The maximum absolute atomic E-state index is 10.0. The van der Waals surface area contributed by atoms with E-state index < -0.39 is 0 Å². The number of hydrogen-bond acceptors (Lipinski definition) is 1. The zero-order chi connectivity index (χ0) is 10.8. The molecule has 0 aromatic rings. The fraction of sp³-hybridized carbons (Fsp3) is 1.00. The van der Waals surface area contributed by atoms with Crippen LogP contribution in [0, 0.1) is 17.3 Å². The van der Waals surface area contributed by atoms with Gasteiger partial charge in [-0.05, 0) is 36.5 Å². The number of aliphatic hydroxyl groups is 1. The van der Waals surface area contributed by atoms with Gasteiger partial charge in [-0.2, -0.15) is 0 Å². The van der Waals surface area contributed by atoms with Crippen molar-refractivity contribution in [3.8, 4) is 0 Å². The predicted octanol–water partition coefficient (Wildman–Crippen LogP) is 3.61. The fourth-order valence-corrected chi connectivity index (χ4v) is 3.05. The largest absolute Gasteiger partial charge is 0.393 e. The quantitative estimate of drug-likeness (QED) is 0.718. The van der Waals surface area contributed by atoms with Crippen molar-refractivity contribution in [2.45, 2.75) is 65.9 Å². The minimum atomic E-state index is -0.0343. The molecule has 0 spiro atoms. The second-order valence-corrected chi connectivity index (χ2v) is 5.92. The van der Waals surface area contributed by atoms with E-state index in [2.05, 4.69) is 27.7 Å². The SMILES string of the molecule is CCCC1C(O)CCCC1C(C)(C)C. The molecule has 3 unspecified atom stereocenters. The van der Waals surface area contributed by atoms with Gasteiger partial charge in [0, 0.05) is 0 Å². The Hall–Kier alpha value is -0.0400. The van der Waals surface area contributed by atoms with Crippen LogP contribution < -0.4 is 0 Å². The van der Waals surface area contributed by atoms with Gasteiger partial charge in [0.2, 0.25) is 0 Å². The lowest BCUT2D eigenvalue weighted by Gasteiger charge is -2.43. The predicted molar refractivity (Wildman–Crippen MR) is 61.2 cm³/mol. The van der Waals surface area contributed by atoms with Crippen LogP contribution >= 0.6 is 0 Å². The molecule has 1 N–H and O–H groups in total. The fourth-order valence-electron chi connectivity index (χ4n) is 3.05. The molecule has 1 rings (SSSR count). The Morgan fingerprint density at radius 2 is 1.86 bits per heavy atom. The molecule has 1 nitrogen and oxygen atoms in total. The highest BCUT2D eigenvalue weighted by molar-refractivity contribution is 4.88. The molecule has 1 aliphatic carbocycles. The van der Waals surface area contributed by atoms with Crippen molar-refractivity contribution in [1.29, 1.82) is 0 Å². The van der Waals surface area contributed by atoms with E-state index in [0.717, 1.165) is 6.42 Å². The highest BCUT2D eigenvalue weighted by Gasteiger charge is 2.37. The van der Waals surface area contributed by atoms with Crippen LogP contribution in [-0.2, 0) is 0 Å². The summed E-state index contributed by atoms with van der Waals surface area (Å²) >= 11 is 0. The molecule has 0 bridgehead atoms. The lowest BCUT2D eigenvalue weighted by molar-refractivity contribution is -0.0138. The van der Waals surface area contributed by atoms with Crippen molar-refractivity contribution in [1.82, 2.24) is 0 Å². The van der Waals surface area contributed by atoms with Gasteiger partial charge in [-0.15, -0.1) is 0 Å². The highest BCUT2D eigenvalue weighted by Crippen LogP contribution is 2.43. The zero-order valence-electron chi connectivity index (χ0n) is 10.2. The van der Waals surface area contributed by atoms with E-state index in [-0.39, 0.29) is 6.10 Å². The Morgan fingerprint density at radius 3 is 2.36 bits per heavy atom. The highest BCUT2D eigenvalue weighted by atomic mass is 16.3. The lowest BCUT2D eigenvalue weighted by Crippen LogP contribution is -2.39. The van der Waals surface area contributed by atoms with Crippen LogP contribution in [0.25, 0.3) is 0 Å². The molecule has 1 heteroatoms. The first-order valence-electron chi connectivity index (χ1n) is 6.15. The lowest BCUT2D eigenvalue weighted by atomic mass is 9.64. The molecule has 0 amide bonds. The summed E-state index contributed by atoms with van der Waals surface area (Å²) in [4.78, 5) is 0. The van der Waals surface area contributed by atoms with Gasteiger partial charge in [-0.25, -0.2) is 0 Å². The van der Waals surface area contributed by atoms with E-state index in [9.17, 15) is 5.11 Å². The van der Waals surface area contributed by atoms with Crippen LogP contribution in [0.3, 0.4) is 0 Å². The summed E-state index contributed by atoms with van der Waals surface area (Å²) in [6.45, 7) is 9.18. The van der Waals surface area contributed by atoms with Crippen LogP contribution in [0.5, 0.6) is 0 Å². The van der Waals surface area contributed by atoms with Crippen molar-refractivity contribution < 1.29 is 5.11 Å². The Bertz CT molecular complexity index is 169. The molecular formula is C13H26O. The third-order valence-corrected chi connectivity index (χ3v) is 3.76. The second-order valence-electron chi connectivity index (χ2n) is 5.92. The minimum Gasteiger partial charge on any atom is -0.393 e. The summed E-state index contributed by atoms with van der Waals surface area (Å²) in [5.41, 5.74) is 0.362. The van der Waals surface area contributed by atoms with E-state index in [1.54, 1.807) is 0 Å². The molecule has 1 saturated carbocycles. The van der Waals surface area contributed by atoms with Crippen molar-refractivity contribution in [3.63, 3.8) is 0 Å². The Balaban J connectivity index is 2.69. The monoisotopic (exact) mass is 198 g/mol. The van der Waals surface area contributed by atoms with Crippen molar-refractivity contribution in [3.05, 3.63) is 0 Å². The van der Waals surface area contributed by atoms with E-state index in [1.807, 2.05) is 0 Å². The summed E-state index contributed by atoms with van der Waals surface area (Å²) < 4.78 is 0. The molecule has 0 aromatic heterocycles. The van der Waals surface area contributed by atoms with Crippen LogP contribution in [0.1, 0.15) is 59.8 Å². The topological polar surface area (TPSA) is 20.2 Å². The van der Waals surface area contributed by atoms with Crippen molar-refractivity contribution in [2.75, 3.05) is 0 Å². The summed E-state index contributed by atoms with van der Waals surface area (Å²) in [7, 11) is 0. The van der Waals surface area contributed by atoms with E-state index in [1.165, 1.54) is 25.7 Å². The van der Waals surface area contributed by atoms with Crippen molar-refractivity contribution in [2.24, 2.45) is 17.3 Å².